The molecule has 1 aliphatic rings. The molecule has 0 radical (unpaired) electrons. The summed E-state index contributed by atoms with van der Waals surface area (Å²) < 4.78 is 1.85. The molecular weight excluding hydrogens is 228 g/mol. The van der Waals surface area contributed by atoms with E-state index in [0.717, 1.165) is 49.2 Å². The molecule has 1 saturated heterocycles. The molecule has 1 unspecified atom stereocenters. The topological polar surface area (TPSA) is 50.5 Å². The van der Waals surface area contributed by atoms with Gasteiger partial charge in [0.25, 0.3) is 0 Å². The zero-order valence-corrected chi connectivity index (χ0v) is 10.4. The number of carbonyl (C=O) groups excluding carboxylic acids is 1. The molecule has 2 aromatic heterocycles. The maximum atomic E-state index is 10.9. The van der Waals surface area contributed by atoms with Crippen molar-refractivity contribution in [3.8, 4) is 0 Å². The standard InChI is InChI=1S/C13H16N4O/c1-10-7-12-13(14-4-6-17(12)15-10)16-5-2-3-11(8-16)9-18/h4,6-7,9,11H,2-3,5,8H2,1H3. The third kappa shape index (κ3) is 1.85. The Hall–Kier alpha value is -1.91. The van der Waals surface area contributed by atoms with Crippen molar-refractivity contribution >= 4 is 17.6 Å². The van der Waals surface area contributed by atoms with Crippen molar-refractivity contribution in [1.29, 1.82) is 0 Å². The minimum absolute atomic E-state index is 0.129. The fourth-order valence-corrected chi connectivity index (χ4v) is 2.59. The number of aryl methyl sites for hydroxylation is 1. The van der Waals surface area contributed by atoms with Crippen molar-refractivity contribution in [3.05, 3.63) is 24.2 Å². The van der Waals surface area contributed by atoms with Crippen LogP contribution in [0, 0.1) is 12.8 Å². The molecule has 2 aromatic rings. The zero-order valence-electron chi connectivity index (χ0n) is 10.4. The molecule has 18 heavy (non-hydrogen) atoms. The molecule has 5 nitrogen and oxygen atoms in total. The lowest BCUT2D eigenvalue weighted by atomic mass is 10.00. The van der Waals surface area contributed by atoms with Crippen LogP contribution in [0.3, 0.4) is 0 Å². The molecule has 0 aromatic carbocycles. The van der Waals surface area contributed by atoms with Gasteiger partial charge in [-0.3, -0.25) is 0 Å². The first-order valence-electron chi connectivity index (χ1n) is 6.29. The van der Waals surface area contributed by atoms with Gasteiger partial charge in [0, 0.05) is 31.4 Å². The van der Waals surface area contributed by atoms with Crippen molar-refractivity contribution in [3.63, 3.8) is 0 Å². The first kappa shape index (κ1) is 11.2. The Balaban J connectivity index is 2.00. The number of carbonyl (C=O) groups is 1. The molecule has 1 fully saturated rings. The van der Waals surface area contributed by atoms with Gasteiger partial charge in [-0.05, 0) is 25.8 Å². The Bertz CT molecular complexity index is 577. The van der Waals surface area contributed by atoms with Gasteiger partial charge in [-0.2, -0.15) is 5.10 Å². The van der Waals surface area contributed by atoms with Crippen molar-refractivity contribution in [2.45, 2.75) is 19.8 Å². The van der Waals surface area contributed by atoms with Crippen LogP contribution in [-0.2, 0) is 4.79 Å². The van der Waals surface area contributed by atoms with Crippen LogP contribution >= 0.6 is 0 Å². The fourth-order valence-electron chi connectivity index (χ4n) is 2.59. The largest absolute Gasteiger partial charge is 0.354 e. The van der Waals surface area contributed by atoms with Crippen LogP contribution < -0.4 is 4.90 Å². The summed E-state index contributed by atoms with van der Waals surface area (Å²) in [5.74, 6) is 1.06. The lowest BCUT2D eigenvalue weighted by Gasteiger charge is -2.31. The van der Waals surface area contributed by atoms with Crippen LogP contribution in [0.4, 0.5) is 5.82 Å². The Morgan fingerprint density at radius 1 is 1.50 bits per heavy atom. The van der Waals surface area contributed by atoms with Crippen molar-refractivity contribution in [1.82, 2.24) is 14.6 Å². The number of anilines is 1. The Morgan fingerprint density at radius 3 is 3.22 bits per heavy atom. The molecule has 0 spiro atoms. The molecular formula is C13H16N4O. The van der Waals surface area contributed by atoms with E-state index < -0.39 is 0 Å². The van der Waals surface area contributed by atoms with E-state index in [9.17, 15) is 4.79 Å². The number of aldehydes is 1. The number of hydrogen-bond donors (Lipinski definition) is 0. The van der Waals surface area contributed by atoms with Crippen LogP contribution in [0.15, 0.2) is 18.5 Å². The van der Waals surface area contributed by atoms with Crippen LogP contribution in [0.25, 0.3) is 5.52 Å². The van der Waals surface area contributed by atoms with E-state index in [1.165, 1.54) is 0 Å². The van der Waals surface area contributed by atoms with Crippen LogP contribution in [-0.4, -0.2) is 34.0 Å². The minimum atomic E-state index is 0.129. The first-order valence-corrected chi connectivity index (χ1v) is 6.29. The van der Waals surface area contributed by atoms with Crippen LogP contribution in [0.1, 0.15) is 18.5 Å². The normalized spacial score (nSPS) is 20.3. The lowest BCUT2D eigenvalue weighted by molar-refractivity contribution is -0.111. The molecule has 0 amide bonds. The van der Waals surface area contributed by atoms with Crippen LogP contribution in [0.2, 0.25) is 0 Å². The van der Waals surface area contributed by atoms with Gasteiger partial charge < -0.3 is 9.69 Å². The van der Waals surface area contributed by atoms with Crippen molar-refractivity contribution in [2.75, 3.05) is 18.0 Å². The van der Waals surface area contributed by atoms with Gasteiger partial charge in [0.1, 0.15) is 11.8 Å². The molecule has 1 aliphatic heterocycles. The maximum Gasteiger partial charge on any atom is 0.154 e. The van der Waals surface area contributed by atoms with Crippen LogP contribution in [0.5, 0.6) is 0 Å². The number of hydrogen-bond acceptors (Lipinski definition) is 4. The fraction of sp³-hybridized carbons (Fsp3) is 0.462. The SMILES string of the molecule is Cc1cc2c(N3CCCC(C=O)C3)nccn2n1. The van der Waals surface area contributed by atoms with E-state index in [-0.39, 0.29) is 5.92 Å². The summed E-state index contributed by atoms with van der Waals surface area (Å²) in [6.07, 6.45) is 6.71. The number of rotatable bonds is 2. The van der Waals surface area contributed by atoms with Gasteiger partial charge in [0.15, 0.2) is 5.82 Å². The Morgan fingerprint density at radius 2 is 2.39 bits per heavy atom. The van der Waals surface area contributed by atoms with E-state index in [4.69, 9.17) is 0 Å². The van der Waals surface area contributed by atoms with Gasteiger partial charge in [0.2, 0.25) is 0 Å². The Labute approximate surface area is 105 Å². The summed E-state index contributed by atoms with van der Waals surface area (Å²) in [4.78, 5) is 17.6. The third-order valence-corrected chi connectivity index (χ3v) is 3.44. The molecule has 3 rings (SSSR count). The summed E-state index contributed by atoms with van der Waals surface area (Å²) in [5.41, 5.74) is 2.00. The first-order chi connectivity index (χ1) is 8.78. The van der Waals surface area contributed by atoms with Gasteiger partial charge in [0.05, 0.1) is 5.69 Å². The van der Waals surface area contributed by atoms with Gasteiger partial charge in [-0.1, -0.05) is 0 Å². The smallest absolute Gasteiger partial charge is 0.154 e. The second-order valence-corrected chi connectivity index (χ2v) is 4.85. The highest BCUT2D eigenvalue weighted by atomic mass is 16.1. The van der Waals surface area contributed by atoms with Gasteiger partial charge in [-0.25, -0.2) is 9.50 Å². The van der Waals surface area contributed by atoms with E-state index in [1.54, 1.807) is 6.20 Å². The van der Waals surface area contributed by atoms with E-state index >= 15 is 0 Å². The second-order valence-electron chi connectivity index (χ2n) is 4.85. The molecule has 94 valence electrons. The third-order valence-electron chi connectivity index (χ3n) is 3.44. The number of aromatic nitrogens is 3. The number of piperidine rings is 1. The average molecular weight is 244 g/mol. The van der Waals surface area contributed by atoms with Gasteiger partial charge >= 0.3 is 0 Å². The molecule has 0 saturated carbocycles. The monoisotopic (exact) mass is 244 g/mol. The second kappa shape index (κ2) is 4.40. The summed E-state index contributed by atoms with van der Waals surface area (Å²) in [7, 11) is 0. The summed E-state index contributed by atoms with van der Waals surface area (Å²) in [5, 5.41) is 4.39. The molecule has 1 atom stereocenters. The van der Waals surface area contributed by atoms with Gasteiger partial charge in [-0.15, -0.1) is 0 Å². The average Bonchev–Trinajstić information content (AvgIpc) is 2.78. The minimum Gasteiger partial charge on any atom is -0.354 e. The Kier molecular flexibility index (Phi) is 2.74. The lowest BCUT2D eigenvalue weighted by Crippen LogP contribution is -2.36. The van der Waals surface area contributed by atoms with Crippen molar-refractivity contribution in [2.24, 2.45) is 5.92 Å². The predicted octanol–water partition coefficient (Wildman–Crippen LogP) is 1.45. The van der Waals surface area contributed by atoms with E-state index in [0.29, 0.717) is 0 Å². The maximum absolute atomic E-state index is 10.9. The molecule has 5 heteroatoms. The number of nitrogens with zero attached hydrogens (tertiary/aromatic N) is 4. The van der Waals surface area contributed by atoms with E-state index in [2.05, 4.69) is 15.0 Å². The highest BCUT2D eigenvalue weighted by Crippen LogP contribution is 2.24. The summed E-state index contributed by atoms with van der Waals surface area (Å²) >= 11 is 0. The summed E-state index contributed by atoms with van der Waals surface area (Å²) in [6, 6.07) is 2.03. The highest BCUT2D eigenvalue weighted by Gasteiger charge is 2.22. The number of fused-ring (bicyclic) bond motifs is 1. The quantitative estimate of drug-likeness (QED) is 0.750. The molecule has 3 heterocycles. The molecule has 0 N–H and O–H groups in total. The molecule has 0 aliphatic carbocycles. The van der Waals surface area contributed by atoms with E-state index in [1.807, 2.05) is 23.7 Å². The summed E-state index contributed by atoms with van der Waals surface area (Å²) in [6.45, 7) is 3.70. The highest BCUT2D eigenvalue weighted by molar-refractivity contribution is 5.70. The molecule has 0 bridgehead atoms. The van der Waals surface area contributed by atoms with Crippen molar-refractivity contribution < 1.29 is 4.79 Å². The zero-order chi connectivity index (χ0) is 12.5. The predicted molar refractivity (Wildman–Crippen MR) is 68.7 cm³/mol.